The SMILES string of the molecule is CCn1c(N(C)CCN(C)S(=O)(=O)c2ccc(NS(=O)(=O)S(C)(=O)=O)cc2)nc2ccccc21. The second-order valence-corrected chi connectivity index (χ2v) is 15.4. The van der Waals surface area contributed by atoms with Crippen LogP contribution in [0.3, 0.4) is 0 Å². The zero-order valence-electron chi connectivity index (χ0n) is 19.2. The van der Waals surface area contributed by atoms with Crippen LogP contribution in [0.5, 0.6) is 0 Å². The molecule has 0 aliphatic heterocycles. The Hall–Kier alpha value is -2.68. The van der Waals surface area contributed by atoms with Gasteiger partial charge in [-0.2, -0.15) is 12.7 Å². The number of aromatic nitrogens is 2. The number of fused-ring (bicyclic) bond motifs is 1. The number of benzene rings is 2. The molecule has 0 fully saturated rings. The normalized spacial score (nSPS) is 12.9. The molecule has 0 bridgehead atoms. The maximum atomic E-state index is 13.0. The summed E-state index contributed by atoms with van der Waals surface area (Å²) in [4.78, 5) is 6.49. The Kier molecular flexibility index (Phi) is 7.26. The summed E-state index contributed by atoms with van der Waals surface area (Å²) in [6, 6.07) is 12.6. The molecular formula is C20H27N5O6S3. The monoisotopic (exact) mass is 529 g/mol. The van der Waals surface area contributed by atoms with Crippen molar-refractivity contribution in [2.24, 2.45) is 0 Å². The van der Waals surface area contributed by atoms with Crippen molar-refractivity contribution in [3.05, 3.63) is 48.5 Å². The summed E-state index contributed by atoms with van der Waals surface area (Å²) in [6.45, 7) is 3.28. The fourth-order valence-corrected chi connectivity index (χ4v) is 5.75. The summed E-state index contributed by atoms with van der Waals surface area (Å²) in [7, 11) is -9.58. The molecule has 14 heteroatoms. The Morgan fingerprint density at radius 1 is 0.912 bits per heavy atom. The van der Waals surface area contributed by atoms with Crippen molar-refractivity contribution in [1.82, 2.24) is 13.9 Å². The van der Waals surface area contributed by atoms with E-state index in [0.717, 1.165) is 17.0 Å². The van der Waals surface area contributed by atoms with Gasteiger partial charge >= 0.3 is 9.06 Å². The highest BCUT2D eigenvalue weighted by atomic mass is 33.2. The van der Waals surface area contributed by atoms with Crippen LogP contribution in [0, 0.1) is 0 Å². The zero-order valence-corrected chi connectivity index (χ0v) is 21.7. The number of aryl methyl sites for hydroxylation is 1. The van der Waals surface area contributed by atoms with E-state index in [9.17, 15) is 25.3 Å². The van der Waals surface area contributed by atoms with Crippen LogP contribution in [0.1, 0.15) is 6.92 Å². The maximum absolute atomic E-state index is 13.0. The summed E-state index contributed by atoms with van der Waals surface area (Å²) in [5, 5.41) is 0. The van der Waals surface area contributed by atoms with Gasteiger partial charge < -0.3 is 9.47 Å². The molecule has 0 amide bonds. The van der Waals surface area contributed by atoms with Gasteiger partial charge in [0.25, 0.3) is 8.87 Å². The van der Waals surface area contributed by atoms with E-state index in [1.54, 1.807) is 0 Å². The summed E-state index contributed by atoms with van der Waals surface area (Å²) in [5.74, 6) is 0.733. The Labute approximate surface area is 199 Å². The molecule has 3 rings (SSSR count). The van der Waals surface area contributed by atoms with Gasteiger partial charge in [-0.25, -0.2) is 21.8 Å². The summed E-state index contributed by atoms with van der Waals surface area (Å²) >= 11 is 0. The summed E-state index contributed by atoms with van der Waals surface area (Å²) in [6.07, 6.45) is 0.565. The van der Waals surface area contributed by atoms with Gasteiger partial charge in [0.1, 0.15) is 0 Å². The fraction of sp³-hybridized carbons (Fsp3) is 0.350. The van der Waals surface area contributed by atoms with Gasteiger partial charge in [0.15, 0.2) is 0 Å². The second-order valence-electron chi connectivity index (χ2n) is 7.68. The highest BCUT2D eigenvalue weighted by Gasteiger charge is 2.25. The topological polar surface area (TPSA) is 139 Å². The lowest BCUT2D eigenvalue weighted by Gasteiger charge is -2.23. The fourth-order valence-electron chi connectivity index (χ4n) is 3.27. The van der Waals surface area contributed by atoms with Gasteiger partial charge in [-0.15, -0.1) is 0 Å². The third-order valence-corrected chi connectivity index (χ3v) is 11.0. The van der Waals surface area contributed by atoms with Crippen LogP contribution in [0.15, 0.2) is 53.4 Å². The Morgan fingerprint density at radius 2 is 1.53 bits per heavy atom. The molecule has 1 heterocycles. The van der Waals surface area contributed by atoms with Gasteiger partial charge in [0.05, 0.1) is 22.2 Å². The molecule has 11 nitrogen and oxygen atoms in total. The average molecular weight is 530 g/mol. The molecule has 0 radical (unpaired) electrons. The quantitative estimate of drug-likeness (QED) is 0.390. The Balaban J connectivity index is 1.72. The minimum absolute atomic E-state index is 0.0549. The van der Waals surface area contributed by atoms with Crippen molar-refractivity contribution in [2.45, 2.75) is 18.4 Å². The van der Waals surface area contributed by atoms with Gasteiger partial charge in [0, 0.05) is 39.4 Å². The molecule has 0 saturated heterocycles. The number of sulfonamides is 1. The Bertz CT molecular complexity index is 1500. The predicted molar refractivity (Wildman–Crippen MR) is 132 cm³/mol. The highest BCUT2D eigenvalue weighted by molar-refractivity contribution is 8.67. The van der Waals surface area contributed by atoms with Crippen LogP contribution in [-0.2, 0) is 34.5 Å². The smallest absolute Gasteiger partial charge is 0.338 e. The standard InChI is InChI=1S/C20H27N5O6S3/c1-5-25-19-9-7-6-8-18(19)21-20(25)23(2)14-15-24(3)33(28,29)17-12-10-16(11-13-17)22-34(30,31)32(4,26)27/h6-13,22H,5,14-15H2,1-4H3. The van der Waals surface area contributed by atoms with E-state index in [1.807, 2.05) is 47.9 Å². The molecule has 2 aromatic carbocycles. The maximum Gasteiger partial charge on any atom is 0.338 e. The molecule has 186 valence electrons. The minimum Gasteiger partial charge on any atom is -0.344 e. The van der Waals surface area contributed by atoms with Crippen LogP contribution in [-0.4, -0.2) is 72.6 Å². The first-order valence-electron chi connectivity index (χ1n) is 10.2. The number of rotatable bonds is 10. The van der Waals surface area contributed by atoms with Crippen molar-refractivity contribution in [1.29, 1.82) is 0 Å². The highest BCUT2D eigenvalue weighted by Crippen LogP contribution is 2.23. The number of anilines is 2. The predicted octanol–water partition coefficient (Wildman–Crippen LogP) is 1.51. The lowest BCUT2D eigenvalue weighted by molar-refractivity contribution is 0.472. The van der Waals surface area contributed by atoms with E-state index in [4.69, 9.17) is 0 Å². The first-order chi connectivity index (χ1) is 15.8. The van der Waals surface area contributed by atoms with Gasteiger partial charge in [-0.05, 0) is 43.3 Å². The average Bonchev–Trinajstić information content (AvgIpc) is 3.15. The van der Waals surface area contributed by atoms with E-state index in [-0.39, 0.29) is 17.1 Å². The van der Waals surface area contributed by atoms with Crippen LogP contribution in [0.2, 0.25) is 0 Å². The minimum atomic E-state index is -4.63. The molecule has 3 aromatic rings. The zero-order chi connectivity index (χ0) is 25.3. The number of para-hydroxylation sites is 2. The molecule has 1 N–H and O–H groups in total. The number of nitrogens with one attached hydrogen (secondary N) is 1. The molecular weight excluding hydrogens is 502 g/mol. The van der Waals surface area contributed by atoms with E-state index >= 15 is 0 Å². The van der Waals surface area contributed by atoms with Crippen LogP contribution >= 0.6 is 0 Å². The van der Waals surface area contributed by atoms with E-state index in [1.165, 1.54) is 35.6 Å². The molecule has 0 aliphatic carbocycles. The van der Waals surface area contributed by atoms with E-state index in [2.05, 4.69) is 9.55 Å². The van der Waals surface area contributed by atoms with Crippen molar-refractivity contribution >= 4 is 50.6 Å². The molecule has 0 spiro atoms. The molecule has 0 aliphatic rings. The summed E-state index contributed by atoms with van der Waals surface area (Å²) < 4.78 is 77.2. The third kappa shape index (κ3) is 5.19. The number of imidazole rings is 1. The Morgan fingerprint density at radius 3 is 2.12 bits per heavy atom. The lowest BCUT2D eigenvalue weighted by Crippen LogP contribution is -2.35. The number of likely N-dealkylation sites (N-methyl/N-ethyl adjacent to an activating group) is 2. The first-order valence-corrected chi connectivity index (χ1v) is 15.6. The largest absolute Gasteiger partial charge is 0.344 e. The third-order valence-electron chi connectivity index (χ3n) is 5.25. The van der Waals surface area contributed by atoms with Gasteiger partial charge in [0.2, 0.25) is 16.0 Å². The van der Waals surface area contributed by atoms with Crippen molar-refractivity contribution in [2.75, 3.05) is 43.1 Å². The van der Waals surface area contributed by atoms with Crippen LogP contribution < -0.4 is 9.62 Å². The molecule has 34 heavy (non-hydrogen) atoms. The van der Waals surface area contributed by atoms with Crippen molar-refractivity contribution < 1.29 is 25.3 Å². The van der Waals surface area contributed by atoms with Crippen LogP contribution in [0.25, 0.3) is 11.0 Å². The van der Waals surface area contributed by atoms with E-state index in [0.29, 0.717) is 19.3 Å². The molecule has 0 unspecified atom stereocenters. The van der Waals surface area contributed by atoms with E-state index < -0.39 is 27.9 Å². The van der Waals surface area contributed by atoms with Gasteiger partial charge in [-0.1, -0.05) is 12.1 Å². The summed E-state index contributed by atoms with van der Waals surface area (Å²) in [5.41, 5.74) is 1.79. The van der Waals surface area contributed by atoms with Gasteiger partial charge in [-0.3, -0.25) is 4.72 Å². The first kappa shape index (κ1) is 25.9. The molecule has 1 aromatic heterocycles. The number of hydrogen-bond donors (Lipinski definition) is 1. The number of hydrogen-bond acceptors (Lipinski definition) is 8. The van der Waals surface area contributed by atoms with Crippen LogP contribution in [0.4, 0.5) is 11.6 Å². The molecule has 0 atom stereocenters. The van der Waals surface area contributed by atoms with Crippen molar-refractivity contribution in [3.63, 3.8) is 0 Å². The number of nitrogens with zero attached hydrogens (tertiary/aromatic N) is 4. The lowest BCUT2D eigenvalue weighted by atomic mass is 10.3. The second kappa shape index (κ2) is 9.52. The van der Waals surface area contributed by atoms with Crippen molar-refractivity contribution in [3.8, 4) is 0 Å². The molecule has 0 saturated carbocycles.